The van der Waals surface area contributed by atoms with Gasteiger partial charge in [-0.05, 0) is 12.1 Å². The smallest absolute Gasteiger partial charge is 0.372 e. The molecule has 0 heterocycles. The Morgan fingerprint density at radius 1 is 1.33 bits per heavy atom. The Morgan fingerprint density at radius 2 is 2.00 bits per heavy atom. The molecule has 6 nitrogen and oxygen atoms in total. The molecule has 0 radical (unpaired) electrons. The van der Waals surface area contributed by atoms with Gasteiger partial charge in [0, 0.05) is 6.07 Å². The van der Waals surface area contributed by atoms with Gasteiger partial charge in [0.05, 0.1) is 13.2 Å². The van der Waals surface area contributed by atoms with E-state index in [1.807, 2.05) is 0 Å². The Morgan fingerprint density at radius 3 is 2.44 bits per heavy atom. The van der Waals surface area contributed by atoms with Crippen LogP contribution in [0.5, 0.6) is 11.5 Å². The third-order valence-electron chi connectivity index (χ3n) is 1.82. The quantitative estimate of drug-likeness (QED) is 0.608. The number of carboxylic acids is 2. The molecule has 2 N–H and O–H groups in total. The van der Waals surface area contributed by atoms with Gasteiger partial charge in [-0.2, -0.15) is 0 Å². The van der Waals surface area contributed by atoms with Crippen molar-refractivity contribution in [3.63, 3.8) is 0 Å². The predicted molar refractivity (Wildman–Crippen MR) is 56.9 cm³/mol. The number of methoxy groups -OCH3 is 1. The van der Waals surface area contributed by atoms with E-state index in [1.54, 1.807) is 0 Å². The largest absolute Gasteiger partial charge is 0.497 e. The van der Waals surface area contributed by atoms with Crippen LogP contribution in [0, 0.1) is 5.82 Å². The summed E-state index contributed by atoms with van der Waals surface area (Å²) < 4.78 is 22.8. The maximum absolute atomic E-state index is 13.4. The van der Waals surface area contributed by atoms with Gasteiger partial charge in [-0.15, -0.1) is 0 Å². The Kier molecular flexibility index (Phi) is 4.25. The number of carboxylic acid groups (broad SMARTS) is 2. The Hall–Kier alpha value is -2.57. The molecule has 0 bridgehead atoms. The van der Waals surface area contributed by atoms with E-state index in [1.165, 1.54) is 13.2 Å². The van der Waals surface area contributed by atoms with Crippen LogP contribution >= 0.6 is 0 Å². The minimum absolute atomic E-state index is 0.221. The lowest BCUT2D eigenvalue weighted by Gasteiger charge is -2.07. The van der Waals surface area contributed by atoms with Gasteiger partial charge in [-0.3, -0.25) is 0 Å². The lowest BCUT2D eigenvalue weighted by molar-refractivity contribution is -0.137. The Balaban J connectivity index is 3.02. The monoisotopic (exact) mass is 256 g/mol. The highest BCUT2D eigenvalue weighted by molar-refractivity contribution is 5.93. The lowest BCUT2D eigenvalue weighted by atomic mass is 10.3. The number of hydrogen-bond donors (Lipinski definition) is 2. The molecule has 0 unspecified atom stereocenters. The van der Waals surface area contributed by atoms with Crippen molar-refractivity contribution in [3.05, 3.63) is 35.9 Å². The maximum Gasteiger partial charge on any atom is 0.372 e. The number of rotatable bonds is 5. The summed E-state index contributed by atoms with van der Waals surface area (Å²) in [6, 6.07) is 3.46. The zero-order valence-electron chi connectivity index (χ0n) is 9.21. The number of hydrogen-bond acceptors (Lipinski definition) is 4. The Labute approximate surface area is 101 Å². The van der Waals surface area contributed by atoms with Crippen molar-refractivity contribution < 1.29 is 33.7 Å². The van der Waals surface area contributed by atoms with E-state index in [2.05, 4.69) is 4.74 Å². The topological polar surface area (TPSA) is 93.1 Å². The zero-order valence-corrected chi connectivity index (χ0v) is 9.21. The second kappa shape index (κ2) is 5.67. The highest BCUT2D eigenvalue weighted by atomic mass is 19.1. The molecule has 1 aromatic rings. The molecule has 0 aliphatic heterocycles. The number of benzene rings is 1. The van der Waals surface area contributed by atoms with E-state index < -0.39 is 29.3 Å². The van der Waals surface area contributed by atoms with Gasteiger partial charge in [-0.25, -0.2) is 14.0 Å². The second-order valence-electron chi connectivity index (χ2n) is 3.05. The molecule has 1 aromatic carbocycles. The SMILES string of the molecule is COc1ccc(O/C(=C/C(=O)O)C(=O)O)c(F)c1. The molecule has 0 aliphatic rings. The second-order valence-corrected chi connectivity index (χ2v) is 3.05. The van der Waals surface area contributed by atoms with Crippen molar-refractivity contribution in [2.24, 2.45) is 0 Å². The first-order valence-corrected chi connectivity index (χ1v) is 4.63. The fourth-order valence-electron chi connectivity index (χ4n) is 1.06. The van der Waals surface area contributed by atoms with Gasteiger partial charge in [0.15, 0.2) is 11.6 Å². The van der Waals surface area contributed by atoms with Crippen LogP contribution in [0.15, 0.2) is 30.0 Å². The van der Waals surface area contributed by atoms with Gasteiger partial charge in [0.25, 0.3) is 0 Å². The molecule has 0 saturated carbocycles. The first-order chi connectivity index (χ1) is 8.43. The minimum Gasteiger partial charge on any atom is -0.497 e. The molecule has 0 saturated heterocycles. The van der Waals surface area contributed by atoms with E-state index in [9.17, 15) is 14.0 Å². The molecule has 18 heavy (non-hydrogen) atoms. The van der Waals surface area contributed by atoms with Gasteiger partial charge >= 0.3 is 11.9 Å². The van der Waals surface area contributed by atoms with E-state index in [0.717, 1.165) is 12.1 Å². The van der Waals surface area contributed by atoms with Crippen molar-refractivity contribution in [3.8, 4) is 11.5 Å². The summed E-state index contributed by atoms with van der Waals surface area (Å²) in [4.78, 5) is 21.0. The first kappa shape index (κ1) is 13.5. The van der Waals surface area contributed by atoms with Gasteiger partial charge < -0.3 is 19.7 Å². The summed E-state index contributed by atoms with van der Waals surface area (Å²) in [5.74, 6) is -5.09. The van der Waals surface area contributed by atoms with E-state index in [0.29, 0.717) is 6.08 Å². The highest BCUT2D eigenvalue weighted by Gasteiger charge is 2.15. The van der Waals surface area contributed by atoms with Crippen molar-refractivity contribution in [1.29, 1.82) is 0 Å². The van der Waals surface area contributed by atoms with E-state index in [-0.39, 0.29) is 5.75 Å². The average molecular weight is 256 g/mol. The standard InChI is InChI=1S/C11H9FO6/c1-17-6-2-3-8(7(12)4-6)18-9(11(15)16)5-10(13)14/h2-5H,1H3,(H,13,14)(H,15,16)/b9-5+. The molecule has 1 rings (SSSR count). The van der Waals surface area contributed by atoms with E-state index in [4.69, 9.17) is 14.9 Å². The fourth-order valence-corrected chi connectivity index (χ4v) is 1.06. The van der Waals surface area contributed by atoms with Crippen LogP contribution in [0.25, 0.3) is 0 Å². The predicted octanol–water partition coefficient (Wildman–Crippen LogP) is 1.27. The molecular weight excluding hydrogens is 247 g/mol. The molecular formula is C11H9FO6. The van der Waals surface area contributed by atoms with Crippen LogP contribution in [0.3, 0.4) is 0 Å². The van der Waals surface area contributed by atoms with Crippen LogP contribution in [0.2, 0.25) is 0 Å². The summed E-state index contributed by atoms with van der Waals surface area (Å²) in [5, 5.41) is 17.1. The summed E-state index contributed by atoms with van der Waals surface area (Å²) in [7, 11) is 1.34. The molecule has 0 aromatic heterocycles. The molecule has 0 fully saturated rings. The molecule has 7 heteroatoms. The van der Waals surface area contributed by atoms with Crippen LogP contribution < -0.4 is 9.47 Å². The molecule has 96 valence electrons. The molecule has 0 amide bonds. The lowest BCUT2D eigenvalue weighted by Crippen LogP contribution is -2.11. The number of ether oxygens (including phenoxy) is 2. The summed E-state index contributed by atoms with van der Waals surface area (Å²) >= 11 is 0. The minimum atomic E-state index is -1.62. The van der Waals surface area contributed by atoms with Crippen molar-refractivity contribution in [1.82, 2.24) is 0 Å². The zero-order chi connectivity index (χ0) is 13.7. The third-order valence-corrected chi connectivity index (χ3v) is 1.82. The molecule has 0 spiro atoms. The van der Waals surface area contributed by atoms with Gasteiger partial charge in [0.1, 0.15) is 5.75 Å². The first-order valence-electron chi connectivity index (χ1n) is 4.63. The normalized spacial score (nSPS) is 10.9. The Bertz CT molecular complexity index is 508. The summed E-state index contributed by atoms with van der Waals surface area (Å²) in [6.45, 7) is 0. The van der Waals surface area contributed by atoms with Gasteiger partial charge in [0.2, 0.25) is 5.76 Å². The fraction of sp³-hybridized carbons (Fsp3) is 0.0909. The number of carbonyl (C=O) groups is 2. The summed E-state index contributed by atoms with van der Waals surface area (Å²) in [6.07, 6.45) is 0.325. The van der Waals surface area contributed by atoms with Crippen molar-refractivity contribution in [2.45, 2.75) is 0 Å². The highest BCUT2D eigenvalue weighted by Crippen LogP contribution is 2.24. The van der Waals surface area contributed by atoms with Crippen LogP contribution in [0.4, 0.5) is 4.39 Å². The van der Waals surface area contributed by atoms with Crippen molar-refractivity contribution in [2.75, 3.05) is 7.11 Å². The van der Waals surface area contributed by atoms with Crippen LogP contribution in [0.1, 0.15) is 0 Å². The maximum atomic E-state index is 13.4. The molecule has 0 atom stereocenters. The van der Waals surface area contributed by atoms with Gasteiger partial charge in [-0.1, -0.05) is 0 Å². The average Bonchev–Trinajstić information content (AvgIpc) is 2.29. The molecule has 0 aliphatic carbocycles. The van der Waals surface area contributed by atoms with Crippen LogP contribution in [-0.2, 0) is 9.59 Å². The third kappa shape index (κ3) is 3.48. The van der Waals surface area contributed by atoms with Crippen molar-refractivity contribution >= 4 is 11.9 Å². The van der Waals surface area contributed by atoms with Crippen LogP contribution in [-0.4, -0.2) is 29.3 Å². The van der Waals surface area contributed by atoms with E-state index >= 15 is 0 Å². The summed E-state index contributed by atoms with van der Waals surface area (Å²) in [5.41, 5.74) is 0. The number of halogens is 1. The number of aliphatic carboxylic acids is 2.